The van der Waals surface area contributed by atoms with Crippen LogP contribution in [0.2, 0.25) is 0 Å². The molecule has 2 rings (SSSR count). The third-order valence-electron chi connectivity index (χ3n) is 3.36. The Kier molecular flexibility index (Phi) is 4.35. The Morgan fingerprint density at radius 1 is 1.42 bits per heavy atom. The molecule has 0 aromatic carbocycles. The second kappa shape index (κ2) is 5.99. The maximum Gasteiger partial charge on any atom is 0.270 e. The van der Waals surface area contributed by atoms with Gasteiger partial charge < -0.3 is 10.2 Å². The fourth-order valence-corrected chi connectivity index (χ4v) is 2.17. The zero-order valence-corrected chi connectivity index (χ0v) is 11.9. The van der Waals surface area contributed by atoms with Gasteiger partial charge in [0, 0.05) is 25.3 Å². The number of rotatable bonds is 3. The van der Waals surface area contributed by atoms with E-state index in [0.29, 0.717) is 11.6 Å². The molecule has 1 aromatic rings. The van der Waals surface area contributed by atoms with Gasteiger partial charge in [-0.05, 0) is 38.7 Å². The first-order valence-electron chi connectivity index (χ1n) is 6.95. The van der Waals surface area contributed by atoms with Crippen molar-refractivity contribution in [2.45, 2.75) is 39.7 Å². The van der Waals surface area contributed by atoms with E-state index in [1.807, 2.05) is 13.8 Å². The van der Waals surface area contributed by atoms with E-state index in [1.54, 1.807) is 12.3 Å². The summed E-state index contributed by atoms with van der Waals surface area (Å²) in [5, 5.41) is 2.85. The van der Waals surface area contributed by atoms with Gasteiger partial charge in [0.05, 0.1) is 0 Å². The van der Waals surface area contributed by atoms with Crippen LogP contribution in [-0.4, -0.2) is 35.0 Å². The summed E-state index contributed by atoms with van der Waals surface area (Å²) in [5.74, 6) is 1.30. The fourth-order valence-electron chi connectivity index (χ4n) is 2.17. The average Bonchev–Trinajstić information content (AvgIpc) is 2.39. The van der Waals surface area contributed by atoms with E-state index < -0.39 is 0 Å². The van der Waals surface area contributed by atoms with Gasteiger partial charge in [-0.3, -0.25) is 4.79 Å². The van der Waals surface area contributed by atoms with Crippen LogP contribution in [0.15, 0.2) is 12.3 Å². The van der Waals surface area contributed by atoms with Crippen LogP contribution in [0.4, 0.5) is 5.95 Å². The predicted octanol–water partition coefficient (Wildman–Crippen LogP) is 1.85. The molecule has 1 aliphatic rings. The number of carbonyl (C=O) groups is 1. The first-order chi connectivity index (χ1) is 9.06. The van der Waals surface area contributed by atoms with Crippen molar-refractivity contribution in [3.8, 4) is 0 Å². The van der Waals surface area contributed by atoms with E-state index in [0.717, 1.165) is 31.8 Å². The van der Waals surface area contributed by atoms with Crippen molar-refractivity contribution in [3.63, 3.8) is 0 Å². The van der Waals surface area contributed by atoms with Crippen molar-refractivity contribution in [2.75, 3.05) is 18.0 Å². The van der Waals surface area contributed by atoms with Crippen molar-refractivity contribution < 1.29 is 4.79 Å². The average molecular weight is 262 g/mol. The smallest absolute Gasteiger partial charge is 0.270 e. The molecule has 0 atom stereocenters. The van der Waals surface area contributed by atoms with Crippen LogP contribution in [0.1, 0.15) is 44.1 Å². The molecule has 0 bridgehead atoms. The second-order valence-corrected chi connectivity index (χ2v) is 5.54. The number of aromatic nitrogens is 2. The number of nitrogens with one attached hydrogen (secondary N) is 1. The Bertz CT molecular complexity index is 439. The monoisotopic (exact) mass is 262 g/mol. The molecule has 0 spiro atoms. The largest absolute Gasteiger partial charge is 0.349 e. The number of amides is 1. The van der Waals surface area contributed by atoms with Crippen molar-refractivity contribution in [2.24, 2.45) is 5.92 Å². The highest BCUT2D eigenvalue weighted by molar-refractivity contribution is 5.92. The molecule has 1 saturated heterocycles. The molecule has 0 unspecified atom stereocenters. The molecule has 104 valence electrons. The van der Waals surface area contributed by atoms with Gasteiger partial charge in [-0.1, -0.05) is 6.92 Å². The summed E-state index contributed by atoms with van der Waals surface area (Å²) in [7, 11) is 0. The molecule has 1 fully saturated rings. The van der Waals surface area contributed by atoms with Crippen LogP contribution in [0, 0.1) is 5.92 Å². The van der Waals surface area contributed by atoms with Crippen molar-refractivity contribution in [1.29, 1.82) is 0 Å². The van der Waals surface area contributed by atoms with E-state index in [4.69, 9.17) is 0 Å². The molecule has 5 nitrogen and oxygen atoms in total. The van der Waals surface area contributed by atoms with E-state index in [9.17, 15) is 4.79 Å². The normalized spacial score (nSPS) is 16.7. The highest BCUT2D eigenvalue weighted by Gasteiger charge is 2.19. The molecule has 1 aliphatic heterocycles. The highest BCUT2D eigenvalue weighted by Crippen LogP contribution is 2.19. The van der Waals surface area contributed by atoms with E-state index in [2.05, 4.69) is 27.1 Å². The minimum atomic E-state index is -0.135. The van der Waals surface area contributed by atoms with Gasteiger partial charge in [0.1, 0.15) is 5.69 Å². The lowest BCUT2D eigenvalue weighted by Crippen LogP contribution is -2.35. The van der Waals surface area contributed by atoms with Gasteiger partial charge in [0.2, 0.25) is 5.95 Å². The molecular formula is C14H22N4O. The van der Waals surface area contributed by atoms with Gasteiger partial charge in [-0.2, -0.15) is 0 Å². The fraction of sp³-hybridized carbons (Fsp3) is 0.643. The second-order valence-electron chi connectivity index (χ2n) is 5.54. The zero-order valence-electron chi connectivity index (χ0n) is 11.9. The summed E-state index contributed by atoms with van der Waals surface area (Å²) in [6, 6.07) is 1.77. The van der Waals surface area contributed by atoms with Crippen LogP contribution in [0.3, 0.4) is 0 Å². The number of carbonyl (C=O) groups excluding carboxylic acids is 1. The summed E-state index contributed by atoms with van der Waals surface area (Å²) in [5.41, 5.74) is 0.442. The summed E-state index contributed by atoms with van der Waals surface area (Å²) in [4.78, 5) is 22.7. The summed E-state index contributed by atoms with van der Waals surface area (Å²) in [6.07, 6.45) is 3.98. The van der Waals surface area contributed by atoms with E-state index in [1.165, 1.54) is 0 Å². The molecule has 19 heavy (non-hydrogen) atoms. The standard InChI is InChI=1S/C14H22N4O/c1-10(2)16-13(19)12-4-7-15-14(17-12)18-8-5-11(3)6-9-18/h4,7,10-11H,5-6,8-9H2,1-3H3,(H,16,19). The Hall–Kier alpha value is -1.65. The number of hydrogen-bond donors (Lipinski definition) is 1. The Morgan fingerprint density at radius 2 is 2.11 bits per heavy atom. The number of nitrogens with zero attached hydrogens (tertiary/aromatic N) is 3. The van der Waals surface area contributed by atoms with Crippen molar-refractivity contribution in [1.82, 2.24) is 15.3 Å². The summed E-state index contributed by atoms with van der Waals surface area (Å²) >= 11 is 0. The SMILES string of the molecule is CC1CCN(c2nccc(C(=O)NC(C)C)n2)CC1. The topological polar surface area (TPSA) is 58.1 Å². The zero-order chi connectivity index (χ0) is 13.8. The Labute approximate surface area is 114 Å². The maximum atomic E-state index is 11.9. The Balaban J connectivity index is 2.08. The first kappa shape index (κ1) is 13.8. The van der Waals surface area contributed by atoms with Crippen molar-refractivity contribution >= 4 is 11.9 Å². The van der Waals surface area contributed by atoms with Gasteiger partial charge in [0.25, 0.3) is 5.91 Å². The van der Waals surface area contributed by atoms with Crippen molar-refractivity contribution in [3.05, 3.63) is 18.0 Å². The lowest BCUT2D eigenvalue weighted by molar-refractivity contribution is 0.0938. The number of hydrogen-bond acceptors (Lipinski definition) is 4. The molecular weight excluding hydrogens is 240 g/mol. The Morgan fingerprint density at radius 3 is 2.74 bits per heavy atom. The highest BCUT2D eigenvalue weighted by atomic mass is 16.1. The van der Waals surface area contributed by atoms with Gasteiger partial charge >= 0.3 is 0 Å². The van der Waals surface area contributed by atoms with E-state index >= 15 is 0 Å². The van der Waals surface area contributed by atoms with Crippen LogP contribution in [0.25, 0.3) is 0 Å². The van der Waals surface area contributed by atoms with Crippen LogP contribution < -0.4 is 10.2 Å². The predicted molar refractivity (Wildman–Crippen MR) is 75.2 cm³/mol. The summed E-state index contributed by atoms with van der Waals surface area (Å²) < 4.78 is 0. The number of piperidine rings is 1. The molecule has 1 N–H and O–H groups in total. The third kappa shape index (κ3) is 3.66. The van der Waals surface area contributed by atoms with Gasteiger partial charge in [0.15, 0.2) is 0 Å². The molecule has 0 radical (unpaired) electrons. The maximum absolute atomic E-state index is 11.9. The summed E-state index contributed by atoms with van der Waals surface area (Å²) in [6.45, 7) is 8.08. The van der Waals surface area contributed by atoms with Gasteiger partial charge in [-0.25, -0.2) is 9.97 Å². The molecule has 1 amide bonds. The molecule has 0 aliphatic carbocycles. The quantitative estimate of drug-likeness (QED) is 0.903. The lowest BCUT2D eigenvalue weighted by atomic mass is 10.00. The van der Waals surface area contributed by atoms with E-state index in [-0.39, 0.29) is 11.9 Å². The van der Waals surface area contributed by atoms with Crippen LogP contribution in [-0.2, 0) is 0 Å². The minimum absolute atomic E-state index is 0.113. The first-order valence-corrected chi connectivity index (χ1v) is 6.95. The lowest BCUT2D eigenvalue weighted by Gasteiger charge is -2.30. The van der Waals surface area contributed by atoms with Gasteiger partial charge in [-0.15, -0.1) is 0 Å². The molecule has 5 heteroatoms. The molecule has 2 heterocycles. The third-order valence-corrected chi connectivity index (χ3v) is 3.36. The van der Waals surface area contributed by atoms with Crippen LogP contribution >= 0.6 is 0 Å². The number of anilines is 1. The molecule has 1 aromatic heterocycles. The molecule has 0 saturated carbocycles. The minimum Gasteiger partial charge on any atom is -0.349 e. The van der Waals surface area contributed by atoms with Crippen LogP contribution in [0.5, 0.6) is 0 Å².